The molecule has 0 aliphatic rings. The van der Waals surface area contributed by atoms with Crippen LogP contribution in [0.1, 0.15) is 21.5 Å². The Bertz CT molecular complexity index is 1530. The van der Waals surface area contributed by atoms with Crippen LogP contribution < -0.4 is 4.74 Å². The van der Waals surface area contributed by atoms with Gasteiger partial charge in [-0.2, -0.15) is 0 Å². The average molecular weight is 488 g/mol. The second-order valence-electron chi connectivity index (χ2n) is 7.99. The van der Waals surface area contributed by atoms with E-state index in [0.29, 0.717) is 11.3 Å². The fourth-order valence-corrected chi connectivity index (χ4v) is 5.03. The Morgan fingerprint density at radius 2 is 1.46 bits per heavy atom. The van der Waals surface area contributed by atoms with Crippen LogP contribution in [0, 0.1) is 24.0 Å². The van der Waals surface area contributed by atoms with Gasteiger partial charge in [0, 0.05) is 12.1 Å². The number of esters is 1. The minimum absolute atomic E-state index is 0.132. The Kier molecular flexibility index (Phi) is 6.48. The number of nitro benzene ring substituents is 1. The van der Waals surface area contributed by atoms with Gasteiger partial charge in [0.25, 0.3) is 5.69 Å². The van der Waals surface area contributed by atoms with Crippen LogP contribution in [0.2, 0.25) is 0 Å². The molecular weight excluding hydrogens is 466 g/mol. The molecule has 0 aromatic heterocycles. The molecule has 0 fully saturated rings. The molecule has 0 aliphatic heterocycles. The van der Waals surface area contributed by atoms with Gasteiger partial charge in [0.15, 0.2) is 0 Å². The molecule has 0 atom stereocenters. The van der Waals surface area contributed by atoms with Gasteiger partial charge in [0.05, 0.1) is 20.3 Å². The van der Waals surface area contributed by atoms with E-state index in [1.54, 1.807) is 19.1 Å². The molecule has 0 N–H and O–H groups in total. The maximum atomic E-state index is 13.2. The Hall–Kier alpha value is -4.30. The Labute approximate surface area is 202 Å². The first-order valence-electron chi connectivity index (χ1n) is 10.7. The van der Waals surface area contributed by atoms with Gasteiger partial charge in [0.2, 0.25) is 9.84 Å². The molecule has 0 bridgehead atoms. The van der Waals surface area contributed by atoms with Gasteiger partial charge in [0.1, 0.15) is 5.75 Å². The zero-order valence-corrected chi connectivity index (χ0v) is 19.8. The highest BCUT2D eigenvalue weighted by atomic mass is 32.2. The molecule has 35 heavy (non-hydrogen) atoms. The van der Waals surface area contributed by atoms with Crippen LogP contribution in [-0.4, -0.2) is 19.3 Å². The Morgan fingerprint density at radius 3 is 2.09 bits per heavy atom. The van der Waals surface area contributed by atoms with Crippen LogP contribution >= 0.6 is 0 Å². The molecule has 0 saturated carbocycles. The molecule has 0 aliphatic carbocycles. The maximum Gasteiger partial charge on any atom is 0.344 e. The number of benzene rings is 4. The van der Waals surface area contributed by atoms with Crippen LogP contribution in [-0.2, 0) is 9.84 Å². The van der Waals surface area contributed by atoms with E-state index in [9.17, 15) is 23.3 Å². The van der Waals surface area contributed by atoms with E-state index in [1.165, 1.54) is 18.2 Å². The summed E-state index contributed by atoms with van der Waals surface area (Å²) in [5.41, 5.74) is 3.49. The van der Waals surface area contributed by atoms with Crippen LogP contribution in [0.3, 0.4) is 0 Å². The topological polar surface area (TPSA) is 104 Å². The normalized spacial score (nSPS) is 11.1. The molecule has 4 aromatic carbocycles. The minimum Gasteiger partial charge on any atom is -0.423 e. The molecule has 0 saturated heterocycles. The van der Waals surface area contributed by atoms with Crippen LogP contribution in [0.25, 0.3) is 11.1 Å². The molecule has 4 rings (SSSR count). The number of nitro groups is 1. The predicted molar refractivity (Wildman–Crippen MR) is 131 cm³/mol. The summed E-state index contributed by atoms with van der Waals surface area (Å²) in [6.45, 7) is 3.82. The maximum absolute atomic E-state index is 13.2. The minimum atomic E-state index is -4.13. The summed E-state index contributed by atoms with van der Waals surface area (Å²) < 4.78 is 32.0. The molecule has 0 spiro atoms. The van der Waals surface area contributed by atoms with Gasteiger partial charge in [-0.3, -0.25) is 10.1 Å². The van der Waals surface area contributed by atoms with E-state index in [0.717, 1.165) is 41.0 Å². The van der Waals surface area contributed by atoms with Gasteiger partial charge < -0.3 is 4.74 Å². The number of ether oxygens (including phenoxy) is 1. The lowest BCUT2D eigenvalue weighted by atomic mass is 10.0. The van der Waals surface area contributed by atoms with E-state index in [-0.39, 0.29) is 21.0 Å². The fourth-order valence-electron chi connectivity index (χ4n) is 3.59. The number of sulfone groups is 1. The van der Waals surface area contributed by atoms with Crippen molar-refractivity contribution in [2.24, 2.45) is 0 Å². The highest BCUT2D eigenvalue weighted by molar-refractivity contribution is 7.91. The monoisotopic (exact) mass is 487 g/mol. The number of aryl methyl sites for hydroxylation is 2. The molecule has 176 valence electrons. The van der Waals surface area contributed by atoms with Crippen molar-refractivity contribution < 1.29 is 22.9 Å². The zero-order valence-electron chi connectivity index (χ0n) is 19.0. The number of carbonyl (C=O) groups is 1. The van der Waals surface area contributed by atoms with Gasteiger partial charge in [-0.25, -0.2) is 13.2 Å². The predicted octanol–water partition coefficient (Wildman–Crippen LogP) is 5.93. The van der Waals surface area contributed by atoms with Crippen molar-refractivity contribution in [3.05, 3.63) is 118 Å². The number of hydrogen-bond acceptors (Lipinski definition) is 6. The molecule has 0 unspecified atom stereocenters. The summed E-state index contributed by atoms with van der Waals surface area (Å²) in [6, 6.07) is 23.7. The highest BCUT2D eigenvalue weighted by Crippen LogP contribution is 2.29. The molecule has 0 amide bonds. The van der Waals surface area contributed by atoms with Gasteiger partial charge >= 0.3 is 5.97 Å². The quantitative estimate of drug-likeness (QED) is 0.144. The van der Waals surface area contributed by atoms with Crippen molar-refractivity contribution in [1.29, 1.82) is 0 Å². The second kappa shape index (κ2) is 9.52. The number of carbonyl (C=O) groups excluding carboxylic acids is 1. The Balaban J connectivity index is 1.63. The third-order valence-corrected chi connectivity index (χ3v) is 7.34. The number of nitrogens with zero attached hydrogens (tertiary/aromatic N) is 1. The first-order chi connectivity index (χ1) is 16.7. The summed E-state index contributed by atoms with van der Waals surface area (Å²) in [6.07, 6.45) is 0. The van der Waals surface area contributed by atoms with E-state index in [2.05, 4.69) is 0 Å². The number of rotatable bonds is 6. The highest BCUT2D eigenvalue weighted by Gasteiger charge is 2.26. The van der Waals surface area contributed by atoms with Crippen molar-refractivity contribution in [1.82, 2.24) is 0 Å². The van der Waals surface area contributed by atoms with Gasteiger partial charge in [-0.1, -0.05) is 48.0 Å². The van der Waals surface area contributed by atoms with E-state index < -0.39 is 20.7 Å². The lowest BCUT2D eigenvalue weighted by molar-refractivity contribution is -0.384. The first kappa shape index (κ1) is 23.8. The average Bonchev–Trinajstić information content (AvgIpc) is 2.85. The van der Waals surface area contributed by atoms with Crippen LogP contribution in [0.5, 0.6) is 5.75 Å². The molecule has 8 heteroatoms. The van der Waals surface area contributed by atoms with Crippen molar-refractivity contribution in [3.8, 4) is 16.9 Å². The summed E-state index contributed by atoms with van der Waals surface area (Å²) in [5, 5.41) is 10.9. The second-order valence-corrected chi connectivity index (χ2v) is 9.90. The van der Waals surface area contributed by atoms with Crippen LogP contribution in [0.4, 0.5) is 5.69 Å². The molecule has 4 aromatic rings. The smallest absolute Gasteiger partial charge is 0.344 e. The van der Waals surface area contributed by atoms with E-state index >= 15 is 0 Å². The lowest BCUT2D eigenvalue weighted by Crippen LogP contribution is -2.15. The SMILES string of the molecule is Cc1ccc(-c2ccc(OC(=O)c3ccccc3S(=O)(=O)c3ccc([N+](=O)[O-])cc3)c(C)c2)cc1. The first-order valence-corrected chi connectivity index (χ1v) is 12.1. The zero-order chi connectivity index (χ0) is 25.2. The van der Waals surface area contributed by atoms with E-state index in [4.69, 9.17) is 4.74 Å². The van der Waals surface area contributed by atoms with E-state index in [1.807, 2.05) is 43.3 Å². The van der Waals surface area contributed by atoms with Crippen molar-refractivity contribution >= 4 is 21.5 Å². The van der Waals surface area contributed by atoms with Crippen molar-refractivity contribution in [3.63, 3.8) is 0 Å². The summed E-state index contributed by atoms with van der Waals surface area (Å²) >= 11 is 0. The van der Waals surface area contributed by atoms with Crippen molar-refractivity contribution in [2.75, 3.05) is 0 Å². The van der Waals surface area contributed by atoms with Crippen LogP contribution in [0.15, 0.2) is 101 Å². The standard InChI is InChI=1S/C27H21NO6S/c1-18-7-9-20(10-8-18)21-11-16-25(19(2)17-21)34-27(29)24-5-3-4-6-26(24)35(32,33)23-14-12-22(13-15-23)28(30)31/h3-17H,1-2H3. The largest absolute Gasteiger partial charge is 0.423 e. The summed E-state index contributed by atoms with van der Waals surface area (Å²) in [5.74, 6) is -0.509. The third-order valence-electron chi connectivity index (χ3n) is 5.52. The molecule has 7 nitrogen and oxygen atoms in total. The van der Waals surface area contributed by atoms with Gasteiger partial charge in [-0.15, -0.1) is 0 Å². The fraction of sp³-hybridized carbons (Fsp3) is 0.0741. The number of hydrogen-bond donors (Lipinski definition) is 0. The van der Waals surface area contributed by atoms with Gasteiger partial charge in [-0.05, 0) is 66.9 Å². The number of non-ortho nitro benzene ring substituents is 1. The molecular formula is C27H21NO6S. The molecule has 0 radical (unpaired) electrons. The summed E-state index contributed by atoms with van der Waals surface area (Å²) in [4.78, 5) is 22.9. The lowest BCUT2D eigenvalue weighted by Gasteiger charge is -2.12. The molecule has 0 heterocycles. The third kappa shape index (κ3) is 4.97. The summed E-state index contributed by atoms with van der Waals surface area (Å²) in [7, 11) is -4.13. The van der Waals surface area contributed by atoms with Crippen molar-refractivity contribution in [2.45, 2.75) is 23.6 Å². The Morgan fingerprint density at radius 1 is 0.829 bits per heavy atom.